The molecule has 0 spiro atoms. The zero-order valence-corrected chi connectivity index (χ0v) is 16.9. The molecule has 4 aromatic rings. The van der Waals surface area contributed by atoms with E-state index in [-0.39, 0.29) is 11.8 Å². The van der Waals surface area contributed by atoms with E-state index in [9.17, 15) is 10.1 Å². The van der Waals surface area contributed by atoms with Crippen LogP contribution in [-0.2, 0) is 6.54 Å². The van der Waals surface area contributed by atoms with Gasteiger partial charge >= 0.3 is 11.8 Å². The molecule has 0 unspecified atom stereocenters. The molecule has 1 atom stereocenters. The summed E-state index contributed by atoms with van der Waals surface area (Å²) in [5.41, 5.74) is 0.654. The second kappa shape index (κ2) is 7.55. The van der Waals surface area contributed by atoms with Gasteiger partial charge in [0.05, 0.1) is 12.7 Å². The van der Waals surface area contributed by atoms with E-state index in [0.29, 0.717) is 12.2 Å². The predicted octanol–water partition coefficient (Wildman–Crippen LogP) is 3.50. The van der Waals surface area contributed by atoms with Crippen molar-refractivity contribution >= 4 is 5.82 Å². The maximum atomic E-state index is 10.8. The smallest absolute Gasteiger partial charge is 0.416 e. The molecule has 0 saturated heterocycles. The number of ether oxygens (including phenoxy) is 2. The molecule has 0 saturated carbocycles. The van der Waals surface area contributed by atoms with Crippen LogP contribution in [0.1, 0.15) is 6.92 Å². The van der Waals surface area contributed by atoms with Gasteiger partial charge in [-0.05, 0) is 54.2 Å². The van der Waals surface area contributed by atoms with Crippen molar-refractivity contribution in [2.24, 2.45) is 0 Å². The number of benzene rings is 2. The van der Waals surface area contributed by atoms with Crippen molar-refractivity contribution in [1.29, 1.82) is 0 Å². The Morgan fingerprint density at radius 2 is 1.88 bits per heavy atom. The molecule has 1 aliphatic rings. The summed E-state index contributed by atoms with van der Waals surface area (Å²) in [5.74, 6) is 4.22. The normalized spacial score (nSPS) is 16.5. The molecule has 10 nitrogen and oxygen atoms in total. The summed E-state index contributed by atoms with van der Waals surface area (Å²) in [4.78, 5) is 14.1. The minimum atomic E-state index is -0.875. The molecule has 0 radical (unpaired) electrons. The van der Waals surface area contributed by atoms with Gasteiger partial charge < -0.3 is 19.6 Å². The number of aromatic nitrogens is 5. The third-order valence-corrected chi connectivity index (χ3v) is 4.76. The molecule has 32 heavy (non-hydrogen) atoms. The van der Waals surface area contributed by atoms with Crippen LogP contribution < -0.4 is 9.47 Å². The van der Waals surface area contributed by atoms with Crippen LogP contribution in [0, 0.1) is 22.1 Å². The van der Waals surface area contributed by atoms with Crippen LogP contribution in [0.25, 0.3) is 11.3 Å². The highest BCUT2D eigenvalue weighted by molar-refractivity contribution is 5.59. The summed E-state index contributed by atoms with van der Waals surface area (Å²) in [6.45, 7) is 2.10. The Kier molecular flexibility index (Phi) is 4.56. The van der Waals surface area contributed by atoms with Gasteiger partial charge in [-0.1, -0.05) is 23.4 Å². The van der Waals surface area contributed by atoms with Gasteiger partial charge in [-0.25, -0.2) is 0 Å². The van der Waals surface area contributed by atoms with Crippen molar-refractivity contribution in [3.63, 3.8) is 0 Å². The quantitative estimate of drug-likeness (QED) is 0.278. The Hall–Kier alpha value is -4.65. The fourth-order valence-electron chi connectivity index (χ4n) is 3.24. The lowest BCUT2D eigenvalue weighted by atomic mass is 10.1. The second-order valence-electron chi connectivity index (χ2n) is 7.32. The topological polar surface area (TPSA) is 110 Å². The summed E-state index contributed by atoms with van der Waals surface area (Å²) in [5, 5.41) is 19.0. The molecule has 158 valence electrons. The Morgan fingerprint density at radius 1 is 1.12 bits per heavy atom. The van der Waals surface area contributed by atoms with Gasteiger partial charge in [0.15, 0.2) is 5.60 Å². The first kappa shape index (κ1) is 19.3. The van der Waals surface area contributed by atoms with Gasteiger partial charge in [0.1, 0.15) is 23.4 Å². The minimum absolute atomic E-state index is 0.172. The van der Waals surface area contributed by atoms with Crippen LogP contribution in [0.3, 0.4) is 0 Å². The fraction of sp³-hybridized carbons (Fsp3) is 0.136. The van der Waals surface area contributed by atoms with Crippen LogP contribution in [0.15, 0.2) is 67.0 Å². The fourth-order valence-corrected chi connectivity index (χ4v) is 3.24. The van der Waals surface area contributed by atoms with E-state index in [1.165, 1.54) is 10.9 Å². The molecular weight excluding hydrogens is 412 g/mol. The number of imidazole rings is 1. The first-order chi connectivity index (χ1) is 15.5. The SMILES string of the molecule is C[C@]1(C#Cn2cc(-c3ccc(Oc4ccccc4)cc3)nn2)Cn2cc([N+](=O)[O-])nc2O1. The molecule has 0 bridgehead atoms. The molecule has 3 heterocycles. The maximum absolute atomic E-state index is 10.8. The summed E-state index contributed by atoms with van der Waals surface area (Å²) < 4.78 is 14.5. The highest BCUT2D eigenvalue weighted by Gasteiger charge is 2.39. The number of fused-ring (bicyclic) bond motifs is 1. The van der Waals surface area contributed by atoms with Gasteiger partial charge in [0, 0.05) is 16.6 Å². The predicted molar refractivity (Wildman–Crippen MR) is 113 cm³/mol. The van der Waals surface area contributed by atoms with Gasteiger partial charge in [-0.3, -0.25) is 4.57 Å². The van der Waals surface area contributed by atoms with Crippen molar-refractivity contribution < 1.29 is 14.4 Å². The molecule has 5 rings (SSSR count). The molecule has 2 aromatic heterocycles. The van der Waals surface area contributed by atoms with Crippen LogP contribution in [0.2, 0.25) is 0 Å². The summed E-state index contributed by atoms with van der Waals surface area (Å²) in [6.07, 6.45) is 3.04. The molecule has 1 aliphatic heterocycles. The number of hydrogen-bond donors (Lipinski definition) is 0. The molecule has 0 amide bonds. The lowest BCUT2D eigenvalue weighted by Gasteiger charge is -2.13. The van der Waals surface area contributed by atoms with Crippen LogP contribution in [0.5, 0.6) is 17.5 Å². The second-order valence-corrected chi connectivity index (χ2v) is 7.32. The zero-order valence-electron chi connectivity index (χ0n) is 16.9. The number of hydrogen-bond acceptors (Lipinski definition) is 7. The molecule has 0 N–H and O–H groups in total. The van der Waals surface area contributed by atoms with Crippen molar-refractivity contribution in [2.45, 2.75) is 19.1 Å². The Labute approximate surface area is 182 Å². The maximum Gasteiger partial charge on any atom is 0.416 e. The van der Waals surface area contributed by atoms with Gasteiger partial charge in [0.25, 0.3) is 0 Å². The average molecular weight is 428 g/mol. The highest BCUT2D eigenvalue weighted by Crippen LogP contribution is 2.30. The van der Waals surface area contributed by atoms with E-state index in [1.54, 1.807) is 17.7 Å². The first-order valence-electron chi connectivity index (χ1n) is 9.67. The van der Waals surface area contributed by atoms with Crippen molar-refractivity contribution in [3.05, 3.63) is 77.1 Å². The van der Waals surface area contributed by atoms with E-state index in [2.05, 4.69) is 27.3 Å². The minimum Gasteiger partial charge on any atom is -0.457 e. The number of para-hydroxylation sites is 1. The van der Waals surface area contributed by atoms with Gasteiger partial charge in [0.2, 0.25) is 0 Å². The molecular formula is C22H16N6O4. The van der Waals surface area contributed by atoms with Crippen LogP contribution in [-0.4, -0.2) is 35.1 Å². The molecule has 0 fully saturated rings. The summed E-state index contributed by atoms with van der Waals surface area (Å²) >= 11 is 0. The highest BCUT2D eigenvalue weighted by atomic mass is 16.6. The van der Waals surface area contributed by atoms with Gasteiger partial charge in [-0.2, -0.15) is 4.68 Å². The van der Waals surface area contributed by atoms with Crippen LogP contribution >= 0.6 is 0 Å². The average Bonchev–Trinajstić information content (AvgIpc) is 3.48. The van der Waals surface area contributed by atoms with E-state index in [1.807, 2.05) is 54.6 Å². The number of nitro groups is 1. The van der Waals surface area contributed by atoms with Crippen LogP contribution in [0.4, 0.5) is 5.82 Å². The third kappa shape index (κ3) is 3.87. The van der Waals surface area contributed by atoms with E-state index in [4.69, 9.17) is 9.47 Å². The van der Waals surface area contributed by atoms with Gasteiger partial charge in [-0.15, -0.1) is 5.10 Å². The Morgan fingerprint density at radius 3 is 2.59 bits per heavy atom. The summed E-state index contributed by atoms with van der Waals surface area (Å²) in [7, 11) is 0. The number of rotatable bonds is 4. The molecule has 2 aromatic carbocycles. The molecule has 0 aliphatic carbocycles. The first-order valence-corrected chi connectivity index (χ1v) is 9.67. The monoisotopic (exact) mass is 428 g/mol. The standard InChI is InChI=1S/C22H16N6O4/c1-22(15-26-14-20(28(29)30)23-21(26)32-22)11-12-27-13-19(24-25-27)16-7-9-18(10-8-16)31-17-5-3-2-4-6-17/h2-10,13-14H,15H2,1H3/t22-/m0/s1. The van der Waals surface area contributed by atoms with E-state index in [0.717, 1.165) is 17.1 Å². The molecule has 10 heteroatoms. The Balaban J connectivity index is 1.27. The van der Waals surface area contributed by atoms with Crippen molar-refractivity contribution in [2.75, 3.05) is 0 Å². The third-order valence-electron chi connectivity index (χ3n) is 4.76. The van der Waals surface area contributed by atoms with Crippen molar-refractivity contribution in [3.8, 4) is 40.7 Å². The lowest BCUT2D eigenvalue weighted by molar-refractivity contribution is -0.389. The number of nitrogens with zero attached hydrogens (tertiary/aromatic N) is 6. The summed E-state index contributed by atoms with van der Waals surface area (Å²) in [6, 6.07) is 20.1. The largest absolute Gasteiger partial charge is 0.457 e. The Bertz CT molecular complexity index is 1330. The van der Waals surface area contributed by atoms with E-state index < -0.39 is 10.5 Å². The van der Waals surface area contributed by atoms with E-state index >= 15 is 0 Å². The van der Waals surface area contributed by atoms with Crippen molar-refractivity contribution in [1.82, 2.24) is 24.5 Å². The zero-order chi connectivity index (χ0) is 22.1. The lowest BCUT2D eigenvalue weighted by Crippen LogP contribution is -2.29.